The van der Waals surface area contributed by atoms with Crippen LogP contribution in [0, 0.1) is 5.92 Å². The van der Waals surface area contributed by atoms with Gasteiger partial charge in [-0.25, -0.2) is 9.97 Å². The van der Waals surface area contributed by atoms with Gasteiger partial charge in [-0.15, -0.1) is 11.8 Å². The lowest BCUT2D eigenvalue weighted by Gasteiger charge is -2.08. The summed E-state index contributed by atoms with van der Waals surface area (Å²) in [6.07, 6.45) is 6.99. The second-order valence-corrected chi connectivity index (χ2v) is 5.21. The predicted molar refractivity (Wildman–Crippen MR) is 64.1 cm³/mol. The van der Waals surface area contributed by atoms with Crippen LogP contribution in [0.4, 0.5) is 5.69 Å². The minimum absolute atomic E-state index is 0.276. The zero-order chi connectivity index (χ0) is 10.7. The zero-order valence-corrected chi connectivity index (χ0v) is 10.0. The van der Waals surface area contributed by atoms with E-state index in [0.29, 0.717) is 5.69 Å². The van der Waals surface area contributed by atoms with Gasteiger partial charge in [-0.2, -0.15) is 0 Å². The number of thioether (sulfide) groups is 1. The summed E-state index contributed by atoms with van der Waals surface area (Å²) >= 11 is 7.42. The molecular formula is C10H14ClN3S. The second-order valence-electron chi connectivity index (χ2n) is 3.86. The molecule has 15 heavy (non-hydrogen) atoms. The average Bonchev–Trinajstić information content (AvgIpc) is 2.72. The van der Waals surface area contributed by atoms with Crippen LogP contribution in [0.15, 0.2) is 11.2 Å². The maximum absolute atomic E-state index is 5.77. The third kappa shape index (κ3) is 2.98. The Morgan fingerprint density at radius 3 is 2.93 bits per heavy atom. The minimum atomic E-state index is 0.276. The summed E-state index contributed by atoms with van der Waals surface area (Å²) in [5, 5.41) is 1.10. The predicted octanol–water partition coefficient (Wildman–Crippen LogP) is 2.99. The number of hydrogen-bond donors (Lipinski definition) is 1. The van der Waals surface area contributed by atoms with Gasteiger partial charge in [-0.1, -0.05) is 12.8 Å². The number of halogens is 1. The van der Waals surface area contributed by atoms with Crippen molar-refractivity contribution < 1.29 is 0 Å². The molecule has 1 aromatic rings. The lowest BCUT2D eigenvalue weighted by molar-refractivity contribution is 0.623. The first kappa shape index (κ1) is 11.0. The molecule has 0 aromatic carbocycles. The Bertz CT molecular complexity index is 339. The van der Waals surface area contributed by atoms with E-state index in [4.69, 9.17) is 17.3 Å². The number of anilines is 1. The van der Waals surface area contributed by atoms with Crippen LogP contribution in [0.25, 0.3) is 0 Å². The lowest BCUT2D eigenvalue weighted by atomic mass is 10.1. The third-order valence-corrected chi connectivity index (χ3v) is 4.10. The maximum atomic E-state index is 5.77. The van der Waals surface area contributed by atoms with Crippen LogP contribution in [0.2, 0.25) is 5.28 Å². The Balaban J connectivity index is 1.94. The SMILES string of the molecule is Nc1cnc(Cl)nc1SCC1CCCC1. The average molecular weight is 244 g/mol. The maximum Gasteiger partial charge on any atom is 0.223 e. The van der Waals surface area contributed by atoms with Gasteiger partial charge in [0.2, 0.25) is 5.28 Å². The molecule has 82 valence electrons. The Kier molecular flexibility index (Phi) is 3.70. The quantitative estimate of drug-likeness (QED) is 0.504. The van der Waals surface area contributed by atoms with Gasteiger partial charge in [-0.3, -0.25) is 0 Å². The molecule has 1 heterocycles. The molecule has 1 aliphatic carbocycles. The fourth-order valence-electron chi connectivity index (χ4n) is 1.84. The number of nitrogen functional groups attached to an aromatic ring is 1. The van der Waals surface area contributed by atoms with Crippen LogP contribution in [0.5, 0.6) is 0 Å². The number of nitrogens with two attached hydrogens (primary N) is 1. The summed E-state index contributed by atoms with van der Waals surface area (Å²) in [5.41, 5.74) is 6.40. The van der Waals surface area contributed by atoms with E-state index >= 15 is 0 Å². The second kappa shape index (κ2) is 5.03. The monoisotopic (exact) mass is 243 g/mol. The summed E-state index contributed by atoms with van der Waals surface area (Å²) in [5.74, 6) is 1.92. The van der Waals surface area contributed by atoms with Crippen molar-refractivity contribution in [3.63, 3.8) is 0 Å². The van der Waals surface area contributed by atoms with E-state index in [1.165, 1.54) is 25.7 Å². The molecule has 0 saturated heterocycles. The molecule has 1 fully saturated rings. The molecule has 0 spiro atoms. The smallest absolute Gasteiger partial charge is 0.223 e. The lowest BCUT2D eigenvalue weighted by Crippen LogP contribution is -2.00. The van der Waals surface area contributed by atoms with E-state index in [0.717, 1.165) is 16.7 Å². The number of rotatable bonds is 3. The normalized spacial score (nSPS) is 17.1. The first-order chi connectivity index (χ1) is 7.25. The van der Waals surface area contributed by atoms with Gasteiger partial charge in [0.05, 0.1) is 11.9 Å². The van der Waals surface area contributed by atoms with Gasteiger partial charge in [0.25, 0.3) is 0 Å². The summed E-state index contributed by atoms with van der Waals surface area (Å²) < 4.78 is 0. The molecule has 1 saturated carbocycles. The fraction of sp³-hybridized carbons (Fsp3) is 0.600. The van der Waals surface area contributed by atoms with Gasteiger partial charge in [0.1, 0.15) is 5.03 Å². The van der Waals surface area contributed by atoms with Crippen molar-refractivity contribution in [1.29, 1.82) is 0 Å². The highest BCUT2D eigenvalue weighted by Gasteiger charge is 2.16. The molecule has 2 N–H and O–H groups in total. The molecule has 1 aromatic heterocycles. The fourth-order valence-corrected chi connectivity index (χ4v) is 3.13. The van der Waals surface area contributed by atoms with Crippen LogP contribution in [0.1, 0.15) is 25.7 Å². The molecule has 5 heteroatoms. The van der Waals surface area contributed by atoms with Crippen LogP contribution in [-0.4, -0.2) is 15.7 Å². The first-order valence-corrected chi connectivity index (χ1v) is 6.53. The Morgan fingerprint density at radius 1 is 1.47 bits per heavy atom. The van der Waals surface area contributed by atoms with E-state index in [9.17, 15) is 0 Å². The van der Waals surface area contributed by atoms with Crippen molar-refractivity contribution in [2.75, 3.05) is 11.5 Å². The van der Waals surface area contributed by atoms with E-state index < -0.39 is 0 Å². The van der Waals surface area contributed by atoms with Gasteiger partial charge < -0.3 is 5.73 Å². The highest BCUT2D eigenvalue weighted by molar-refractivity contribution is 7.99. The van der Waals surface area contributed by atoms with Crippen molar-refractivity contribution >= 4 is 29.1 Å². The van der Waals surface area contributed by atoms with Crippen LogP contribution < -0.4 is 5.73 Å². The van der Waals surface area contributed by atoms with Gasteiger partial charge in [0, 0.05) is 5.75 Å². The number of aromatic nitrogens is 2. The van der Waals surface area contributed by atoms with Crippen LogP contribution in [-0.2, 0) is 0 Å². The van der Waals surface area contributed by atoms with Gasteiger partial charge >= 0.3 is 0 Å². The zero-order valence-electron chi connectivity index (χ0n) is 8.45. The Labute approximate surface area is 98.8 Å². The van der Waals surface area contributed by atoms with Crippen molar-refractivity contribution in [1.82, 2.24) is 9.97 Å². The van der Waals surface area contributed by atoms with E-state index in [1.54, 1.807) is 18.0 Å². The van der Waals surface area contributed by atoms with E-state index in [2.05, 4.69) is 9.97 Å². The number of hydrogen-bond acceptors (Lipinski definition) is 4. The van der Waals surface area contributed by atoms with Gasteiger partial charge in [0.15, 0.2) is 0 Å². The molecule has 0 unspecified atom stereocenters. The molecule has 3 nitrogen and oxygen atoms in total. The van der Waals surface area contributed by atoms with Gasteiger partial charge in [-0.05, 0) is 30.4 Å². The van der Waals surface area contributed by atoms with Crippen molar-refractivity contribution in [3.05, 3.63) is 11.5 Å². The Morgan fingerprint density at radius 2 is 2.20 bits per heavy atom. The van der Waals surface area contributed by atoms with Crippen molar-refractivity contribution in [3.8, 4) is 0 Å². The minimum Gasteiger partial charge on any atom is -0.395 e. The molecule has 0 radical (unpaired) electrons. The first-order valence-electron chi connectivity index (χ1n) is 5.16. The molecule has 2 rings (SSSR count). The largest absolute Gasteiger partial charge is 0.395 e. The van der Waals surface area contributed by atoms with Crippen molar-refractivity contribution in [2.24, 2.45) is 5.92 Å². The third-order valence-electron chi connectivity index (χ3n) is 2.68. The summed E-state index contributed by atoms with van der Waals surface area (Å²) in [4.78, 5) is 7.96. The molecule has 0 amide bonds. The number of nitrogens with zero attached hydrogens (tertiary/aromatic N) is 2. The van der Waals surface area contributed by atoms with E-state index in [-0.39, 0.29) is 5.28 Å². The molecule has 0 atom stereocenters. The molecular weight excluding hydrogens is 230 g/mol. The highest BCUT2D eigenvalue weighted by atomic mass is 35.5. The van der Waals surface area contributed by atoms with E-state index in [1.807, 2.05) is 0 Å². The topological polar surface area (TPSA) is 51.8 Å². The van der Waals surface area contributed by atoms with Crippen molar-refractivity contribution in [2.45, 2.75) is 30.7 Å². The molecule has 0 aliphatic heterocycles. The molecule has 1 aliphatic rings. The molecule has 0 bridgehead atoms. The summed E-state index contributed by atoms with van der Waals surface area (Å²) in [7, 11) is 0. The Hall–Kier alpha value is -0.480. The van der Waals surface area contributed by atoms with Crippen LogP contribution >= 0.6 is 23.4 Å². The summed E-state index contributed by atoms with van der Waals surface area (Å²) in [6.45, 7) is 0. The summed E-state index contributed by atoms with van der Waals surface area (Å²) in [6, 6.07) is 0. The van der Waals surface area contributed by atoms with Crippen LogP contribution in [0.3, 0.4) is 0 Å². The standard InChI is InChI=1S/C10H14ClN3S/c11-10-13-5-8(12)9(14-10)15-6-7-3-1-2-4-7/h5,7H,1-4,6,12H2. The highest BCUT2D eigenvalue weighted by Crippen LogP contribution is 2.32.